The van der Waals surface area contributed by atoms with E-state index in [0.29, 0.717) is 11.1 Å². The minimum Gasteiger partial charge on any atom is -0.408 e. The zero-order valence-electron chi connectivity index (χ0n) is 8.72. The van der Waals surface area contributed by atoms with E-state index < -0.39 is 15.8 Å². The largest absolute Gasteiger partial charge is 0.417 e. The number of rotatable bonds is 2. The smallest absolute Gasteiger partial charge is 0.408 e. The average Bonchev–Trinajstić information content (AvgIpc) is 2.56. The second-order valence-corrected chi connectivity index (χ2v) is 5.61. The van der Waals surface area contributed by atoms with Gasteiger partial charge in [-0.25, -0.2) is 17.5 Å². The van der Waals surface area contributed by atoms with Crippen molar-refractivity contribution >= 4 is 21.1 Å². The van der Waals surface area contributed by atoms with Crippen LogP contribution in [0.4, 0.5) is 0 Å². The highest BCUT2D eigenvalue weighted by Gasteiger charge is 2.18. The van der Waals surface area contributed by atoms with Crippen LogP contribution >= 0.6 is 0 Å². The lowest BCUT2D eigenvalue weighted by Crippen LogP contribution is -2.22. The summed E-state index contributed by atoms with van der Waals surface area (Å²) >= 11 is 0. The molecule has 0 bridgehead atoms. The van der Waals surface area contributed by atoms with Gasteiger partial charge in [0.1, 0.15) is 0 Å². The number of nitrogens with zero attached hydrogens (tertiary/aromatic N) is 1. The lowest BCUT2D eigenvalue weighted by Gasteiger charge is -2.10. The number of hydrogen-bond donors (Lipinski definition) is 1. The van der Waals surface area contributed by atoms with E-state index in [1.807, 2.05) is 0 Å². The Morgan fingerprint density at radius 3 is 2.62 bits per heavy atom. The van der Waals surface area contributed by atoms with Crippen molar-refractivity contribution in [1.29, 1.82) is 0 Å². The third-order valence-corrected chi connectivity index (χ3v) is 3.98. The van der Waals surface area contributed by atoms with Crippen LogP contribution in [0.1, 0.15) is 0 Å². The van der Waals surface area contributed by atoms with Crippen LogP contribution in [0.15, 0.2) is 32.3 Å². The number of benzene rings is 1. The summed E-state index contributed by atoms with van der Waals surface area (Å²) in [6.07, 6.45) is 0. The minimum atomic E-state index is -3.49. The van der Waals surface area contributed by atoms with Crippen LogP contribution in [0.5, 0.6) is 0 Å². The van der Waals surface area contributed by atoms with Crippen LogP contribution in [0.25, 0.3) is 11.1 Å². The van der Waals surface area contributed by atoms with Gasteiger partial charge in [0.05, 0.1) is 10.4 Å². The minimum absolute atomic E-state index is 0.113. The molecule has 7 heteroatoms. The van der Waals surface area contributed by atoms with E-state index in [4.69, 9.17) is 4.42 Å². The highest BCUT2D eigenvalue weighted by atomic mass is 32.2. The molecule has 0 aliphatic rings. The van der Waals surface area contributed by atoms with Crippen molar-refractivity contribution in [1.82, 2.24) is 9.29 Å². The number of sulfonamides is 1. The van der Waals surface area contributed by atoms with Crippen molar-refractivity contribution in [2.75, 3.05) is 14.1 Å². The molecule has 0 radical (unpaired) electrons. The van der Waals surface area contributed by atoms with Gasteiger partial charge in [-0.2, -0.15) is 0 Å². The molecule has 0 atom stereocenters. The Morgan fingerprint density at radius 2 is 2.00 bits per heavy atom. The normalized spacial score (nSPS) is 12.4. The molecule has 0 amide bonds. The van der Waals surface area contributed by atoms with E-state index in [-0.39, 0.29) is 4.90 Å². The number of aromatic amines is 1. The molecular formula is C9H10N2O4S. The molecule has 0 saturated heterocycles. The van der Waals surface area contributed by atoms with Crippen molar-refractivity contribution in [3.63, 3.8) is 0 Å². The molecule has 1 aromatic carbocycles. The number of fused-ring (bicyclic) bond motifs is 1. The summed E-state index contributed by atoms with van der Waals surface area (Å²) < 4.78 is 29.5. The van der Waals surface area contributed by atoms with Crippen molar-refractivity contribution in [2.45, 2.75) is 4.90 Å². The first kappa shape index (κ1) is 10.9. The Labute approximate surface area is 91.5 Å². The quantitative estimate of drug-likeness (QED) is 0.824. The summed E-state index contributed by atoms with van der Waals surface area (Å²) in [6.45, 7) is 0. The molecule has 0 fully saturated rings. The summed E-state index contributed by atoms with van der Waals surface area (Å²) in [4.78, 5) is 13.4. The lowest BCUT2D eigenvalue weighted by atomic mass is 10.3. The second kappa shape index (κ2) is 3.46. The van der Waals surface area contributed by atoms with E-state index in [9.17, 15) is 13.2 Å². The summed E-state index contributed by atoms with van der Waals surface area (Å²) in [5, 5.41) is 0. The third kappa shape index (κ3) is 1.63. The van der Waals surface area contributed by atoms with E-state index in [1.165, 1.54) is 32.3 Å². The zero-order valence-corrected chi connectivity index (χ0v) is 9.54. The number of nitrogens with one attached hydrogen (secondary N) is 1. The fourth-order valence-corrected chi connectivity index (χ4v) is 2.23. The Morgan fingerprint density at radius 1 is 1.31 bits per heavy atom. The van der Waals surface area contributed by atoms with E-state index in [2.05, 4.69) is 4.98 Å². The van der Waals surface area contributed by atoms with Gasteiger partial charge in [-0.1, -0.05) is 0 Å². The van der Waals surface area contributed by atoms with Crippen LogP contribution in [0.3, 0.4) is 0 Å². The standard InChI is InChI=1S/C9H10N2O4S/c1-11(2)16(13,14)6-3-4-8-7(5-6)10-9(12)15-8/h3-5H,1-2H3,(H,10,12). The maximum absolute atomic E-state index is 11.8. The molecule has 16 heavy (non-hydrogen) atoms. The predicted molar refractivity (Wildman–Crippen MR) is 57.7 cm³/mol. The fraction of sp³-hybridized carbons (Fsp3) is 0.222. The molecule has 6 nitrogen and oxygen atoms in total. The third-order valence-electron chi connectivity index (χ3n) is 2.17. The van der Waals surface area contributed by atoms with E-state index in [0.717, 1.165) is 4.31 Å². The Kier molecular flexibility index (Phi) is 2.36. The Hall–Kier alpha value is -1.60. The summed E-state index contributed by atoms with van der Waals surface area (Å²) in [7, 11) is -0.605. The van der Waals surface area contributed by atoms with Gasteiger partial charge in [-0.3, -0.25) is 4.98 Å². The molecule has 0 unspecified atom stereocenters. The molecule has 1 N–H and O–H groups in total. The Balaban J connectivity index is 2.68. The molecule has 0 spiro atoms. The molecule has 0 saturated carbocycles. The molecule has 0 aliphatic heterocycles. The molecule has 2 rings (SSSR count). The highest BCUT2D eigenvalue weighted by molar-refractivity contribution is 7.89. The summed E-state index contributed by atoms with van der Waals surface area (Å²) in [5.41, 5.74) is 0.704. The predicted octanol–water partition coefficient (Wildman–Crippen LogP) is 0.371. The monoisotopic (exact) mass is 242 g/mol. The van der Waals surface area contributed by atoms with Crippen molar-refractivity contribution in [3.05, 3.63) is 28.7 Å². The van der Waals surface area contributed by atoms with Gasteiger partial charge in [-0.15, -0.1) is 0 Å². The second-order valence-electron chi connectivity index (χ2n) is 3.46. The van der Waals surface area contributed by atoms with E-state index in [1.54, 1.807) is 0 Å². The lowest BCUT2D eigenvalue weighted by molar-refractivity contribution is 0.521. The van der Waals surface area contributed by atoms with Crippen molar-refractivity contribution in [2.24, 2.45) is 0 Å². The van der Waals surface area contributed by atoms with Crippen molar-refractivity contribution in [3.8, 4) is 0 Å². The maximum atomic E-state index is 11.8. The molecular weight excluding hydrogens is 232 g/mol. The van der Waals surface area contributed by atoms with Crippen LogP contribution in [0, 0.1) is 0 Å². The highest BCUT2D eigenvalue weighted by Crippen LogP contribution is 2.18. The first-order valence-corrected chi connectivity index (χ1v) is 5.90. The van der Waals surface area contributed by atoms with Gasteiger partial charge >= 0.3 is 5.76 Å². The number of H-pyrrole nitrogens is 1. The van der Waals surface area contributed by atoms with Crippen LogP contribution in [-0.2, 0) is 10.0 Å². The SMILES string of the molecule is CN(C)S(=O)(=O)c1ccc2oc(=O)[nH]c2c1. The van der Waals surface area contributed by atoms with Gasteiger partial charge in [0.25, 0.3) is 0 Å². The molecule has 0 aliphatic carbocycles. The van der Waals surface area contributed by atoms with Gasteiger partial charge in [0.15, 0.2) is 5.58 Å². The maximum Gasteiger partial charge on any atom is 0.417 e. The van der Waals surface area contributed by atoms with Crippen molar-refractivity contribution < 1.29 is 12.8 Å². The van der Waals surface area contributed by atoms with Crippen LogP contribution < -0.4 is 5.76 Å². The first-order valence-electron chi connectivity index (χ1n) is 4.46. The number of hydrogen-bond acceptors (Lipinski definition) is 4. The summed E-state index contributed by atoms with van der Waals surface area (Å²) in [6, 6.07) is 4.22. The Bertz CT molecular complexity index is 681. The molecule has 1 heterocycles. The molecule has 86 valence electrons. The van der Waals surface area contributed by atoms with Gasteiger partial charge in [-0.05, 0) is 18.2 Å². The number of oxazole rings is 1. The fourth-order valence-electron chi connectivity index (χ4n) is 1.30. The van der Waals surface area contributed by atoms with Crippen LogP contribution in [-0.4, -0.2) is 31.8 Å². The van der Waals surface area contributed by atoms with Gasteiger partial charge in [0.2, 0.25) is 10.0 Å². The zero-order chi connectivity index (χ0) is 11.9. The first-order chi connectivity index (χ1) is 7.41. The topological polar surface area (TPSA) is 83.4 Å². The molecule has 2 aromatic rings. The van der Waals surface area contributed by atoms with Gasteiger partial charge < -0.3 is 4.42 Å². The number of aromatic nitrogens is 1. The summed E-state index contributed by atoms with van der Waals surface area (Å²) in [5.74, 6) is -0.602. The van der Waals surface area contributed by atoms with Crippen LogP contribution in [0.2, 0.25) is 0 Å². The molecule has 1 aromatic heterocycles. The van der Waals surface area contributed by atoms with Gasteiger partial charge in [0, 0.05) is 14.1 Å². The van der Waals surface area contributed by atoms with E-state index >= 15 is 0 Å². The average molecular weight is 242 g/mol.